The molecule has 5 nitrogen and oxygen atoms in total. The second-order valence-electron chi connectivity index (χ2n) is 4.91. The Morgan fingerprint density at radius 1 is 1.27 bits per heavy atom. The molecule has 2 aromatic rings. The van der Waals surface area contributed by atoms with Crippen molar-refractivity contribution in [1.29, 1.82) is 0 Å². The highest BCUT2D eigenvalue weighted by molar-refractivity contribution is 9.10. The van der Waals surface area contributed by atoms with Crippen LogP contribution in [0.1, 0.15) is 17.8 Å². The standard InChI is InChI=1S/C14H17BrClN3O2S/c1-10-14(16)11(2)19(18-10)9-3-8-17-22(20,21)13-6-4-12(15)5-7-13/h4-7,17H,3,8-9H2,1-2H3. The quantitative estimate of drug-likeness (QED) is 0.749. The zero-order valence-corrected chi connectivity index (χ0v) is 15.5. The third kappa shape index (κ3) is 4.10. The van der Waals surface area contributed by atoms with E-state index in [1.54, 1.807) is 28.9 Å². The van der Waals surface area contributed by atoms with Crippen LogP contribution in [0.3, 0.4) is 0 Å². The topological polar surface area (TPSA) is 64.0 Å². The third-order valence-corrected chi connectivity index (χ3v) is 5.81. The van der Waals surface area contributed by atoms with Gasteiger partial charge in [-0.3, -0.25) is 4.68 Å². The molecule has 0 aliphatic rings. The average molecular weight is 407 g/mol. The molecule has 22 heavy (non-hydrogen) atoms. The van der Waals surface area contributed by atoms with E-state index in [4.69, 9.17) is 11.6 Å². The summed E-state index contributed by atoms with van der Waals surface area (Å²) in [6.07, 6.45) is 0.633. The van der Waals surface area contributed by atoms with Crippen molar-refractivity contribution in [3.05, 3.63) is 45.1 Å². The van der Waals surface area contributed by atoms with Gasteiger partial charge in [-0.05, 0) is 44.5 Å². The average Bonchev–Trinajstić information content (AvgIpc) is 2.71. The zero-order valence-electron chi connectivity index (χ0n) is 12.3. The molecule has 0 spiro atoms. The van der Waals surface area contributed by atoms with Crippen LogP contribution in [0.15, 0.2) is 33.6 Å². The third-order valence-electron chi connectivity index (χ3n) is 3.26. The summed E-state index contributed by atoms with van der Waals surface area (Å²) in [5.41, 5.74) is 1.68. The number of benzene rings is 1. The molecule has 0 saturated heterocycles. The van der Waals surface area contributed by atoms with Crippen molar-refractivity contribution in [3.63, 3.8) is 0 Å². The molecular weight excluding hydrogens is 390 g/mol. The van der Waals surface area contributed by atoms with Crippen molar-refractivity contribution in [3.8, 4) is 0 Å². The lowest BCUT2D eigenvalue weighted by atomic mass is 10.4. The SMILES string of the molecule is Cc1nn(CCCNS(=O)(=O)c2ccc(Br)cc2)c(C)c1Cl. The molecule has 0 unspecified atom stereocenters. The summed E-state index contributed by atoms with van der Waals surface area (Å²) in [6.45, 7) is 4.70. The van der Waals surface area contributed by atoms with Crippen LogP contribution in [0.25, 0.3) is 0 Å². The minimum absolute atomic E-state index is 0.254. The molecule has 120 valence electrons. The van der Waals surface area contributed by atoms with Gasteiger partial charge in [0.2, 0.25) is 10.0 Å². The Balaban J connectivity index is 1.90. The van der Waals surface area contributed by atoms with E-state index in [-0.39, 0.29) is 4.90 Å². The van der Waals surface area contributed by atoms with Crippen molar-refractivity contribution in [2.24, 2.45) is 0 Å². The van der Waals surface area contributed by atoms with Gasteiger partial charge in [-0.1, -0.05) is 27.5 Å². The molecule has 0 amide bonds. The summed E-state index contributed by atoms with van der Waals surface area (Å²) in [5, 5.41) is 4.98. The maximum Gasteiger partial charge on any atom is 0.240 e. The van der Waals surface area contributed by atoms with Crippen molar-refractivity contribution in [2.45, 2.75) is 31.7 Å². The van der Waals surface area contributed by atoms with Crippen LogP contribution in [0.4, 0.5) is 0 Å². The predicted molar refractivity (Wildman–Crippen MR) is 90.7 cm³/mol. The van der Waals surface area contributed by atoms with Crippen LogP contribution in [-0.2, 0) is 16.6 Å². The summed E-state index contributed by atoms with van der Waals surface area (Å²) in [6, 6.07) is 6.53. The van der Waals surface area contributed by atoms with Gasteiger partial charge in [-0.25, -0.2) is 13.1 Å². The normalized spacial score (nSPS) is 11.8. The van der Waals surface area contributed by atoms with Gasteiger partial charge in [0.1, 0.15) is 0 Å². The van der Waals surface area contributed by atoms with Gasteiger partial charge in [0.05, 0.1) is 21.3 Å². The first-order valence-electron chi connectivity index (χ1n) is 6.76. The summed E-state index contributed by atoms with van der Waals surface area (Å²) in [7, 11) is -3.47. The fourth-order valence-electron chi connectivity index (χ4n) is 2.03. The molecule has 0 aliphatic heterocycles. The molecule has 0 fully saturated rings. The van der Waals surface area contributed by atoms with E-state index in [2.05, 4.69) is 25.8 Å². The van der Waals surface area contributed by atoms with Gasteiger partial charge >= 0.3 is 0 Å². The highest BCUT2D eigenvalue weighted by atomic mass is 79.9. The lowest BCUT2D eigenvalue weighted by Gasteiger charge is -2.08. The van der Waals surface area contributed by atoms with Crippen LogP contribution in [0, 0.1) is 13.8 Å². The Hall–Kier alpha value is -0.890. The maximum atomic E-state index is 12.1. The van der Waals surface area contributed by atoms with Gasteiger partial charge in [0, 0.05) is 17.6 Å². The van der Waals surface area contributed by atoms with Crippen molar-refractivity contribution in [1.82, 2.24) is 14.5 Å². The summed E-state index contributed by atoms with van der Waals surface area (Å²) < 4.78 is 29.4. The van der Waals surface area contributed by atoms with E-state index in [0.717, 1.165) is 15.9 Å². The highest BCUT2D eigenvalue weighted by Gasteiger charge is 2.13. The van der Waals surface area contributed by atoms with Crippen LogP contribution in [0.2, 0.25) is 5.02 Å². The fraction of sp³-hybridized carbons (Fsp3) is 0.357. The molecule has 1 heterocycles. The minimum atomic E-state index is -3.47. The Kier molecular flexibility index (Phi) is 5.65. The second kappa shape index (κ2) is 7.12. The number of rotatable bonds is 6. The first-order chi connectivity index (χ1) is 10.3. The number of nitrogens with zero attached hydrogens (tertiary/aromatic N) is 2. The molecule has 0 bridgehead atoms. The number of hydrogen-bond acceptors (Lipinski definition) is 3. The number of hydrogen-bond donors (Lipinski definition) is 1. The van der Waals surface area contributed by atoms with E-state index >= 15 is 0 Å². The van der Waals surface area contributed by atoms with Gasteiger partial charge in [-0.2, -0.15) is 5.10 Å². The number of sulfonamides is 1. The van der Waals surface area contributed by atoms with Crippen LogP contribution in [0.5, 0.6) is 0 Å². The number of aromatic nitrogens is 2. The Morgan fingerprint density at radius 2 is 1.91 bits per heavy atom. The largest absolute Gasteiger partial charge is 0.268 e. The van der Waals surface area contributed by atoms with Gasteiger partial charge in [0.25, 0.3) is 0 Å². The molecular formula is C14H17BrClN3O2S. The smallest absolute Gasteiger partial charge is 0.240 e. The zero-order chi connectivity index (χ0) is 16.3. The van der Waals surface area contributed by atoms with Gasteiger partial charge < -0.3 is 0 Å². The van der Waals surface area contributed by atoms with Crippen LogP contribution in [-0.4, -0.2) is 24.7 Å². The van der Waals surface area contributed by atoms with Crippen LogP contribution < -0.4 is 4.72 Å². The Bertz CT molecular complexity index is 757. The van der Waals surface area contributed by atoms with E-state index in [1.807, 2.05) is 13.8 Å². The minimum Gasteiger partial charge on any atom is -0.268 e. The molecule has 8 heteroatoms. The first-order valence-corrected chi connectivity index (χ1v) is 9.41. The monoisotopic (exact) mass is 405 g/mol. The lowest BCUT2D eigenvalue weighted by molar-refractivity contribution is 0.544. The number of halogens is 2. The molecule has 0 atom stereocenters. The summed E-state index contributed by atoms with van der Waals surface area (Å²) in [4.78, 5) is 0.254. The summed E-state index contributed by atoms with van der Waals surface area (Å²) in [5.74, 6) is 0. The lowest BCUT2D eigenvalue weighted by Crippen LogP contribution is -2.25. The molecule has 2 rings (SSSR count). The molecule has 0 aliphatic carbocycles. The second-order valence-corrected chi connectivity index (χ2v) is 7.97. The highest BCUT2D eigenvalue weighted by Crippen LogP contribution is 2.19. The number of aryl methyl sites for hydroxylation is 2. The maximum absolute atomic E-state index is 12.1. The van der Waals surface area contributed by atoms with Crippen molar-refractivity contribution >= 4 is 37.6 Å². The summed E-state index contributed by atoms with van der Waals surface area (Å²) >= 11 is 9.36. The Morgan fingerprint density at radius 3 is 2.45 bits per heavy atom. The van der Waals surface area contributed by atoms with Gasteiger partial charge in [-0.15, -0.1) is 0 Å². The van der Waals surface area contributed by atoms with Crippen molar-refractivity contribution in [2.75, 3.05) is 6.54 Å². The molecule has 0 radical (unpaired) electrons. The predicted octanol–water partition coefficient (Wildman–Crippen LogP) is 3.28. The number of nitrogens with one attached hydrogen (secondary N) is 1. The van der Waals surface area contributed by atoms with Gasteiger partial charge in [0.15, 0.2) is 0 Å². The molecule has 1 aromatic carbocycles. The van der Waals surface area contributed by atoms with Crippen molar-refractivity contribution < 1.29 is 8.42 Å². The first kappa shape index (κ1) is 17.5. The fourth-order valence-corrected chi connectivity index (χ4v) is 3.50. The van der Waals surface area contributed by atoms with Crippen LogP contribution >= 0.6 is 27.5 Å². The molecule has 0 saturated carbocycles. The van der Waals surface area contributed by atoms with E-state index in [1.165, 1.54) is 0 Å². The molecule has 1 aromatic heterocycles. The van der Waals surface area contributed by atoms with E-state index < -0.39 is 10.0 Å². The Labute approximate surface area is 143 Å². The molecule has 1 N–H and O–H groups in total. The van der Waals surface area contributed by atoms with E-state index in [9.17, 15) is 8.42 Å². The van der Waals surface area contributed by atoms with E-state index in [0.29, 0.717) is 24.5 Å².